The molecule has 0 amide bonds. The van der Waals surface area contributed by atoms with Crippen molar-refractivity contribution >= 4 is 6.16 Å². The van der Waals surface area contributed by atoms with Crippen molar-refractivity contribution in [3.05, 3.63) is 35.9 Å². The molecule has 1 atom stereocenters. The fourth-order valence-corrected chi connectivity index (χ4v) is 3.20. The number of hydrogen-bond donors (Lipinski definition) is 1. The van der Waals surface area contributed by atoms with Gasteiger partial charge in [-0.1, -0.05) is 88.6 Å². The van der Waals surface area contributed by atoms with Gasteiger partial charge in [0, 0.05) is 0 Å². The average Bonchev–Trinajstić information content (AvgIpc) is 2.59. The molecule has 0 aliphatic heterocycles. The predicted molar refractivity (Wildman–Crippen MR) is 99.6 cm³/mol. The molecule has 0 aromatic heterocycles. The van der Waals surface area contributed by atoms with Crippen LogP contribution in [0.2, 0.25) is 0 Å². The Balaban J connectivity index is 2.27. The number of benzene rings is 1. The first kappa shape index (κ1) is 20.5. The van der Waals surface area contributed by atoms with Gasteiger partial charge in [0.1, 0.15) is 0 Å². The second-order valence-electron chi connectivity index (χ2n) is 6.63. The summed E-state index contributed by atoms with van der Waals surface area (Å²) in [6.45, 7) is 2.58. The van der Waals surface area contributed by atoms with Crippen molar-refractivity contribution in [2.45, 2.75) is 83.5 Å². The molecule has 0 saturated carbocycles. The number of carbonyl (C=O) groups is 1. The predicted octanol–water partition coefficient (Wildman–Crippen LogP) is 6.78. The fraction of sp³-hybridized carbons (Fsp3) is 0.667. The Morgan fingerprint density at radius 3 is 2.12 bits per heavy atom. The van der Waals surface area contributed by atoms with Crippen LogP contribution >= 0.6 is 0 Å². The molecule has 1 rings (SSSR count). The quantitative estimate of drug-likeness (QED) is 0.301. The van der Waals surface area contributed by atoms with Crippen molar-refractivity contribution in [3.63, 3.8) is 0 Å². The van der Waals surface area contributed by atoms with Crippen molar-refractivity contribution in [3.8, 4) is 0 Å². The maximum absolute atomic E-state index is 10.3. The summed E-state index contributed by atoms with van der Waals surface area (Å²) in [6, 6.07) is 10.8. The molecule has 0 radical (unpaired) electrons. The molecule has 1 aromatic carbocycles. The van der Waals surface area contributed by atoms with E-state index in [1.165, 1.54) is 56.9 Å². The van der Waals surface area contributed by atoms with E-state index in [0.717, 1.165) is 19.3 Å². The van der Waals surface area contributed by atoms with Gasteiger partial charge in [0.2, 0.25) is 0 Å². The molecule has 0 heterocycles. The van der Waals surface area contributed by atoms with Gasteiger partial charge in [-0.25, -0.2) is 4.79 Å². The molecule has 136 valence electrons. The van der Waals surface area contributed by atoms with E-state index in [1.54, 1.807) is 0 Å². The zero-order chi connectivity index (χ0) is 17.5. The van der Waals surface area contributed by atoms with Crippen LogP contribution in [-0.4, -0.2) is 17.9 Å². The van der Waals surface area contributed by atoms with E-state index in [1.807, 2.05) is 0 Å². The largest absolute Gasteiger partial charge is 0.505 e. The number of carboxylic acid groups (broad SMARTS) is 1. The van der Waals surface area contributed by atoms with Crippen molar-refractivity contribution in [2.24, 2.45) is 0 Å². The highest BCUT2D eigenvalue weighted by molar-refractivity contribution is 5.56. The molecular formula is C21H34O3. The van der Waals surface area contributed by atoms with Crippen LogP contribution in [0.25, 0.3) is 0 Å². The van der Waals surface area contributed by atoms with E-state index in [0.29, 0.717) is 12.5 Å². The van der Waals surface area contributed by atoms with Gasteiger partial charge in [-0.15, -0.1) is 0 Å². The molecule has 24 heavy (non-hydrogen) atoms. The third kappa shape index (κ3) is 10.3. The number of hydrogen-bond acceptors (Lipinski definition) is 2. The lowest BCUT2D eigenvalue weighted by Crippen LogP contribution is -2.03. The van der Waals surface area contributed by atoms with Crippen LogP contribution in [0.3, 0.4) is 0 Å². The molecule has 0 fully saturated rings. The summed E-state index contributed by atoms with van der Waals surface area (Å²) in [5, 5.41) is 8.46. The Bertz CT molecular complexity index is 416. The monoisotopic (exact) mass is 334 g/mol. The number of ether oxygens (including phenoxy) is 1. The number of rotatable bonds is 14. The molecule has 1 unspecified atom stereocenters. The fourth-order valence-electron chi connectivity index (χ4n) is 3.20. The molecule has 0 aliphatic rings. The lowest BCUT2D eigenvalue weighted by atomic mass is 9.88. The van der Waals surface area contributed by atoms with Crippen LogP contribution in [0.1, 0.15) is 89.0 Å². The van der Waals surface area contributed by atoms with Crippen molar-refractivity contribution in [1.29, 1.82) is 0 Å². The molecular weight excluding hydrogens is 300 g/mol. The van der Waals surface area contributed by atoms with E-state index < -0.39 is 6.16 Å². The normalized spacial score (nSPS) is 12.0. The van der Waals surface area contributed by atoms with E-state index in [-0.39, 0.29) is 0 Å². The molecule has 1 N–H and O–H groups in total. The lowest BCUT2D eigenvalue weighted by molar-refractivity contribution is 0.0899. The Morgan fingerprint density at radius 1 is 0.917 bits per heavy atom. The first-order valence-corrected chi connectivity index (χ1v) is 9.64. The molecule has 3 nitrogen and oxygen atoms in total. The molecule has 3 heteroatoms. The molecule has 0 spiro atoms. The summed E-state index contributed by atoms with van der Waals surface area (Å²) in [5.74, 6) is 0.637. The van der Waals surface area contributed by atoms with Gasteiger partial charge in [0.15, 0.2) is 0 Å². The maximum atomic E-state index is 10.3. The van der Waals surface area contributed by atoms with Gasteiger partial charge in [0.05, 0.1) is 6.61 Å². The van der Waals surface area contributed by atoms with Gasteiger partial charge >= 0.3 is 6.16 Å². The minimum atomic E-state index is -1.17. The van der Waals surface area contributed by atoms with Gasteiger partial charge in [-0.2, -0.15) is 0 Å². The zero-order valence-corrected chi connectivity index (χ0v) is 15.2. The van der Waals surface area contributed by atoms with E-state index >= 15 is 0 Å². The maximum Gasteiger partial charge on any atom is 0.505 e. The molecule has 1 aromatic rings. The first-order chi connectivity index (χ1) is 11.7. The summed E-state index contributed by atoms with van der Waals surface area (Å²) in [5.41, 5.74) is 1.45. The standard InChI is InChI=1S/C21H34O3/c1-2-3-4-5-6-9-14-19(20-15-10-7-11-16-20)17-12-8-13-18-24-21(22)23/h7,10-11,15-16,19H,2-6,8-9,12-14,17-18H2,1H3,(H,22,23). The second kappa shape index (κ2) is 13.9. The van der Waals surface area contributed by atoms with Crippen LogP contribution in [0, 0.1) is 0 Å². The van der Waals surface area contributed by atoms with Gasteiger partial charge in [-0.05, 0) is 30.7 Å². The van der Waals surface area contributed by atoms with Crippen LogP contribution in [0.4, 0.5) is 4.79 Å². The van der Waals surface area contributed by atoms with E-state index in [4.69, 9.17) is 5.11 Å². The van der Waals surface area contributed by atoms with Gasteiger partial charge in [0.25, 0.3) is 0 Å². The Morgan fingerprint density at radius 2 is 1.50 bits per heavy atom. The van der Waals surface area contributed by atoms with E-state index in [9.17, 15) is 4.79 Å². The van der Waals surface area contributed by atoms with Crippen molar-refractivity contribution < 1.29 is 14.6 Å². The minimum absolute atomic E-state index is 0.322. The summed E-state index contributed by atoms with van der Waals surface area (Å²) < 4.78 is 4.56. The summed E-state index contributed by atoms with van der Waals surface area (Å²) in [7, 11) is 0. The van der Waals surface area contributed by atoms with E-state index in [2.05, 4.69) is 42.0 Å². The minimum Gasteiger partial charge on any atom is -0.450 e. The van der Waals surface area contributed by atoms with Crippen LogP contribution < -0.4 is 0 Å². The van der Waals surface area contributed by atoms with Gasteiger partial charge < -0.3 is 9.84 Å². The topological polar surface area (TPSA) is 46.5 Å². The molecule has 0 bridgehead atoms. The van der Waals surface area contributed by atoms with Crippen molar-refractivity contribution in [1.82, 2.24) is 0 Å². The molecule has 0 aliphatic carbocycles. The zero-order valence-electron chi connectivity index (χ0n) is 15.2. The Labute approximate surface area is 147 Å². The summed E-state index contributed by atoms with van der Waals surface area (Å²) in [6.07, 6.45) is 12.3. The van der Waals surface area contributed by atoms with Crippen molar-refractivity contribution in [2.75, 3.05) is 6.61 Å². The first-order valence-electron chi connectivity index (χ1n) is 9.64. The molecule has 0 saturated heterocycles. The van der Waals surface area contributed by atoms with Gasteiger partial charge in [-0.3, -0.25) is 0 Å². The lowest BCUT2D eigenvalue weighted by Gasteiger charge is -2.17. The van der Waals surface area contributed by atoms with Crippen LogP contribution in [0.15, 0.2) is 30.3 Å². The number of unbranched alkanes of at least 4 members (excludes halogenated alkanes) is 7. The van der Waals surface area contributed by atoms with Crippen LogP contribution in [-0.2, 0) is 4.74 Å². The van der Waals surface area contributed by atoms with Crippen LogP contribution in [0.5, 0.6) is 0 Å². The Kier molecular flexibility index (Phi) is 11.9. The Hall–Kier alpha value is -1.51. The average molecular weight is 334 g/mol. The summed E-state index contributed by atoms with van der Waals surface area (Å²) in [4.78, 5) is 10.3. The smallest absolute Gasteiger partial charge is 0.450 e. The summed E-state index contributed by atoms with van der Waals surface area (Å²) >= 11 is 0. The highest BCUT2D eigenvalue weighted by atomic mass is 16.7. The third-order valence-electron chi connectivity index (χ3n) is 4.60. The highest BCUT2D eigenvalue weighted by Crippen LogP contribution is 2.28. The third-order valence-corrected chi connectivity index (χ3v) is 4.60. The highest BCUT2D eigenvalue weighted by Gasteiger charge is 2.11. The SMILES string of the molecule is CCCCCCCCC(CCCCCOC(=O)O)c1ccccc1. The second-order valence-corrected chi connectivity index (χ2v) is 6.63.